The van der Waals surface area contributed by atoms with Crippen LogP contribution in [0.4, 0.5) is 29.3 Å². The Labute approximate surface area is 450 Å². The minimum Gasteiger partial charge on any atom is -0.369 e. The number of aryl methyl sites for hydroxylation is 1. The summed E-state index contributed by atoms with van der Waals surface area (Å²) in [4.78, 5) is 73.9. The predicted octanol–water partition coefficient (Wildman–Crippen LogP) is 7.97. The van der Waals surface area contributed by atoms with Crippen LogP contribution in [0.2, 0.25) is 0 Å². The number of fused-ring (bicyclic) bond motifs is 1. The van der Waals surface area contributed by atoms with E-state index < -0.39 is 75.1 Å². The van der Waals surface area contributed by atoms with Crippen molar-refractivity contribution in [2.24, 2.45) is 5.41 Å². The highest BCUT2D eigenvalue weighted by Crippen LogP contribution is 2.33. The summed E-state index contributed by atoms with van der Waals surface area (Å²) < 4.78 is 73.3. The molecule has 3 aliphatic heterocycles. The summed E-state index contributed by atoms with van der Waals surface area (Å²) in [7, 11) is -4.37. The average Bonchev–Trinajstić information content (AvgIpc) is 4.27. The number of carbonyl (C=O) groups is 4. The summed E-state index contributed by atoms with van der Waals surface area (Å²) >= 11 is 1.59. The number of piperazine rings is 1. The third-order valence-electron chi connectivity index (χ3n) is 14.6. The Balaban J connectivity index is 0.734. The van der Waals surface area contributed by atoms with Gasteiger partial charge in [0.1, 0.15) is 29.7 Å². The number of ketones is 1. The zero-order valence-electron chi connectivity index (χ0n) is 43.7. The second-order valence-electron chi connectivity index (χ2n) is 21.0. The molecule has 0 radical (unpaired) electrons. The quantitative estimate of drug-likeness (QED) is 0.0440. The molecule has 9 rings (SSSR count). The molecule has 408 valence electrons. The molecule has 6 aromatic rings. The summed E-state index contributed by atoms with van der Waals surface area (Å²) in [5.74, 6) is -4.10. The van der Waals surface area contributed by atoms with Crippen LogP contribution in [-0.4, -0.2) is 138 Å². The van der Waals surface area contributed by atoms with E-state index in [1.165, 1.54) is 6.20 Å². The number of hydrogen-bond acceptors (Lipinski definition) is 11. The Morgan fingerprint density at radius 1 is 0.883 bits per heavy atom. The smallest absolute Gasteiger partial charge is 0.315 e. The third-order valence-corrected chi connectivity index (χ3v) is 17.1. The number of pyridine rings is 1. The first-order valence-electron chi connectivity index (χ1n) is 25.9. The zero-order chi connectivity index (χ0) is 54.8. The number of nitrogens with zero attached hydrogens (tertiary/aromatic N) is 6. The molecule has 5 N–H and O–H groups in total. The Bertz CT molecular complexity index is 3250. The number of anilines is 2. The highest BCUT2D eigenvalue weighted by molar-refractivity contribution is 7.90. The second kappa shape index (κ2) is 23.0. The fraction of sp³-hybridized carbons (Fsp3) is 0.418. The van der Waals surface area contributed by atoms with Crippen molar-refractivity contribution >= 4 is 67.6 Å². The number of thiazole rings is 1. The molecule has 3 aliphatic rings. The molecule has 0 spiro atoms. The van der Waals surface area contributed by atoms with Crippen LogP contribution < -0.4 is 25.6 Å². The van der Waals surface area contributed by atoms with Crippen molar-refractivity contribution in [3.63, 3.8) is 0 Å². The van der Waals surface area contributed by atoms with Gasteiger partial charge in [0.05, 0.1) is 33.4 Å². The number of likely N-dealkylation sites (tertiary alicyclic amines) is 1. The minimum absolute atomic E-state index is 0.00627. The van der Waals surface area contributed by atoms with Crippen molar-refractivity contribution in [1.29, 1.82) is 0 Å². The molecule has 4 amide bonds. The van der Waals surface area contributed by atoms with Crippen molar-refractivity contribution < 1.29 is 40.8 Å². The van der Waals surface area contributed by atoms with Crippen LogP contribution >= 0.6 is 11.3 Å². The standard InChI is InChI=1S/C55H64F3N11O6S2/c1-33(35-9-11-37(12-10-35)49-34(2)62-32-76-49)63-52(71)45-8-6-22-69(45)53(72)50(55(3,4)5)64-54(73)59-20-7-21-66-24-26-67(27-25-66)40-15-13-36(14-16-40)38-28-41-42(30-61-51(41)60-29-38)48(70)46-43(57)17-18-44(47(46)58)65-77(74,75)68-23-19-39(56)31-68/h9-18,28-30,32-33,39,45,50,65H,6-8,19-27,31H2,1-5H3,(H,60,61)(H,63,71)(H2,59,64,73)/t33-,39+,45-,50+/m0/s1. The van der Waals surface area contributed by atoms with Crippen LogP contribution in [0, 0.1) is 24.0 Å². The topological polar surface area (TPSA) is 205 Å². The fourth-order valence-electron chi connectivity index (χ4n) is 10.2. The van der Waals surface area contributed by atoms with E-state index in [0.29, 0.717) is 48.9 Å². The third kappa shape index (κ3) is 12.3. The monoisotopic (exact) mass is 1100 g/mol. The Kier molecular flexibility index (Phi) is 16.4. The number of H-pyrrole nitrogens is 1. The first-order valence-corrected chi connectivity index (χ1v) is 28.2. The van der Waals surface area contributed by atoms with E-state index in [9.17, 15) is 32.0 Å². The molecule has 0 bridgehead atoms. The van der Waals surface area contributed by atoms with Gasteiger partial charge in [0.15, 0.2) is 5.82 Å². The van der Waals surface area contributed by atoms with Crippen LogP contribution in [0.15, 0.2) is 84.6 Å². The highest BCUT2D eigenvalue weighted by atomic mass is 32.2. The van der Waals surface area contributed by atoms with Crippen LogP contribution in [0.5, 0.6) is 0 Å². The van der Waals surface area contributed by atoms with Gasteiger partial charge in [-0.2, -0.15) is 12.7 Å². The van der Waals surface area contributed by atoms with Crippen molar-refractivity contribution in [1.82, 2.24) is 45.0 Å². The average molecular weight is 1100 g/mol. The summed E-state index contributed by atoms with van der Waals surface area (Å²) in [5.41, 5.74) is 5.29. The molecule has 3 fully saturated rings. The van der Waals surface area contributed by atoms with E-state index in [2.05, 4.69) is 40.7 Å². The Morgan fingerprint density at radius 2 is 1.61 bits per heavy atom. The van der Waals surface area contributed by atoms with Gasteiger partial charge < -0.3 is 30.7 Å². The van der Waals surface area contributed by atoms with Crippen molar-refractivity contribution in [3.05, 3.63) is 119 Å². The number of nitrogens with one attached hydrogen (secondary N) is 5. The molecular formula is C55H64F3N11O6S2. The number of urea groups is 1. The molecular weight excluding hydrogens is 1030 g/mol. The van der Waals surface area contributed by atoms with Crippen molar-refractivity contribution in [2.75, 3.05) is 68.5 Å². The predicted molar refractivity (Wildman–Crippen MR) is 292 cm³/mol. The lowest BCUT2D eigenvalue weighted by molar-refractivity contribution is -0.142. The molecule has 77 heavy (non-hydrogen) atoms. The van der Waals surface area contributed by atoms with Crippen LogP contribution in [0.3, 0.4) is 0 Å². The molecule has 4 atom stereocenters. The molecule has 0 aliphatic carbocycles. The zero-order valence-corrected chi connectivity index (χ0v) is 45.3. The normalized spacial score (nSPS) is 18.3. The van der Waals surface area contributed by atoms with E-state index >= 15 is 8.78 Å². The maximum atomic E-state index is 15.8. The Hall–Kier alpha value is -6.88. The van der Waals surface area contributed by atoms with Gasteiger partial charge in [0, 0.05) is 87.0 Å². The van der Waals surface area contributed by atoms with Gasteiger partial charge in [-0.25, -0.2) is 27.9 Å². The molecule has 0 unspecified atom stereocenters. The first-order chi connectivity index (χ1) is 36.7. The van der Waals surface area contributed by atoms with E-state index in [1.807, 2.05) is 93.4 Å². The van der Waals surface area contributed by atoms with Crippen molar-refractivity contribution in [3.8, 4) is 21.6 Å². The first kappa shape index (κ1) is 54.9. The van der Waals surface area contributed by atoms with Gasteiger partial charge >= 0.3 is 16.2 Å². The molecule has 3 saturated heterocycles. The number of benzene rings is 3. The van der Waals surface area contributed by atoms with E-state index in [-0.39, 0.29) is 36.4 Å². The van der Waals surface area contributed by atoms with Crippen LogP contribution in [-0.2, 0) is 19.8 Å². The van der Waals surface area contributed by atoms with E-state index in [1.54, 1.807) is 28.5 Å². The van der Waals surface area contributed by atoms with Gasteiger partial charge in [-0.15, -0.1) is 11.3 Å². The molecule has 17 nitrogen and oxygen atoms in total. The Morgan fingerprint density at radius 3 is 2.29 bits per heavy atom. The van der Waals surface area contributed by atoms with Gasteiger partial charge in [0.25, 0.3) is 0 Å². The van der Waals surface area contributed by atoms with E-state index in [4.69, 9.17) is 0 Å². The second-order valence-corrected chi connectivity index (χ2v) is 23.5. The molecule has 6 heterocycles. The lowest BCUT2D eigenvalue weighted by Gasteiger charge is -2.36. The maximum absolute atomic E-state index is 15.8. The number of aromatic nitrogens is 3. The molecule has 3 aromatic carbocycles. The van der Waals surface area contributed by atoms with Gasteiger partial charge in [0.2, 0.25) is 17.6 Å². The van der Waals surface area contributed by atoms with Gasteiger partial charge in [-0.1, -0.05) is 57.2 Å². The number of hydrogen-bond donors (Lipinski definition) is 5. The highest BCUT2D eigenvalue weighted by Gasteiger charge is 2.42. The summed E-state index contributed by atoms with van der Waals surface area (Å²) in [6.45, 7) is 13.8. The number of alkyl halides is 1. The molecule has 22 heteroatoms. The minimum atomic E-state index is -4.37. The maximum Gasteiger partial charge on any atom is 0.315 e. The SMILES string of the molecule is Cc1ncsc1-c1ccc([C@H](C)NC(=O)[C@@H]2CCCN2C(=O)[C@@H](NC(=O)NCCCN2CCN(c3ccc(-c4cnc5[nH]cc(C(=O)c6c(F)ccc(NS(=O)(=O)N7CC[C@@H](F)C7)c6F)c5c4)cc3)CC2)C(C)(C)C)cc1. The van der Waals surface area contributed by atoms with Gasteiger partial charge in [-0.3, -0.25) is 24.0 Å². The molecule has 3 aromatic heterocycles. The van der Waals surface area contributed by atoms with Crippen molar-refractivity contribution in [2.45, 2.75) is 84.6 Å². The number of halogens is 3. The van der Waals surface area contributed by atoms with Crippen LogP contribution in [0.25, 0.3) is 32.6 Å². The number of amides is 4. The largest absolute Gasteiger partial charge is 0.369 e. The number of aromatic amines is 1. The number of carbonyl (C=O) groups excluding carboxylic acids is 4. The fourth-order valence-corrected chi connectivity index (χ4v) is 12.3. The lowest BCUT2D eigenvalue weighted by Crippen LogP contribution is -2.59. The summed E-state index contributed by atoms with van der Waals surface area (Å²) in [5, 5.41) is 9.30. The lowest BCUT2D eigenvalue weighted by atomic mass is 9.85. The van der Waals surface area contributed by atoms with Gasteiger partial charge in [-0.05, 0) is 98.5 Å². The molecule has 0 saturated carbocycles. The summed E-state index contributed by atoms with van der Waals surface area (Å²) in [6.07, 6.45) is 3.48. The number of rotatable bonds is 17. The van der Waals surface area contributed by atoms with Crippen LogP contribution in [0.1, 0.15) is 86.6 Å². The van der Waals surface area contributed by atoms with E-state index in [0.717, 1.165) is 82.1 Å². The summed E-state index contributed by atoms with van der Waals surface area (Å²) in [6, 6.07) is 17.1.